The van der Waals surface area contributed by atoms with E-state index in [0.717, 1.165) is 18.7 Å². The molecule has 0 amide bonds. The molecular formula is C16H28N2O. The first-order chi connectivity index (χ1) is 8.99. The molecule has 0 saturated carbocycles. The van der Waals surface area contributed by atoms with Crippen LogP contribution in [0.1, 0.15) is 37.8 Å². The highest BCUT2D eigenvalue weighted by atomic mass is 16.5. The van der Waals surface area contributed by atoms with E-state index in [0.29, 0.717) is 18.5 Å². The molecule has 2 N–H and O–H groups in total. The van der Waals surface area contributed by atoms with E-state index in [1.807, 2.05) is 0 Å². The summed E-state index contributed by atoms with van der Waals surface area (Å²) >= 11 is 0. The fraction of sp³-hybridized carbons (Fsp3) is 0.625. The number of methoxy groups -OCH3 is 1. The van der Waals surface area contributed by atoms with Crippen LogP contribution in [0.4, 0.5) is 0 Å². The fourth-order valence-corrected chi connectivity index (χ4v) is 2.02. The number of nitrogens with two attached hydrogens (primary N) is 1. The number of ether oxygens (including phenoxy) is 1. The van der Waals surface area contributed by atoms with Gasteiger partial charge in [-0.2, -0.15) is 0 Å². The molecule has 0 saturated heterocycles. The number of likely N-dealkylation sites (N-methyl/N-ethyl adjacent to an activating group) is 1. The number of hydrogen-bond donors (Lipinski definition) is 1. The van der Waals surface area contributed by atoms with Crippen molar-refractivity contribution in [2.75, 3.05) is 27.2 Å². The summed E-state index contributed by atoms with van der Waals surface area (Å²) < 4.78 is 5.51. The molecule has 0 aliphatic carbocycles. The normalized spacial score (nSPS) is 13.1. The quantitative estimate of drug-likeness (QED) is 0.823. The van der Waals surface area contributed by atoms with Crippen LogP contribution < -0.4 is 10.5 Å². The zero-order valence-electron chi connectivity index (χ0n) is 12.9. The summed E-state index contributed by atoms with van der Waals surface area (Å²) in [6.45, 7) is 8.24. The Morgan fingerprint density at radius 3 is 2.47 bits per heavy atom. The van der Waals surface area contributed by atoms with Gasteiger partial charge in [-0.1, -0.05) is 26.0 Å². The summed E-state index contributed by atoms with van der Waals surface area (Å²) in [5.41, 5.74) is 8.27. The van der Waals surface area contributed by atoms with Gasteiger partial charge in [-0.3, -0.25) is 0 Å². The van der Waals surface area contributed by atoms with Crippen molar-refractivity contribution in [2.24, 2.45) is 5.73 Å². The molecule has 1 atom stereocenters. The van der Waals surface area contributed by atoms with Crippen LogP contribution in [0.3, 0.4) is 0 Å². The van der Waals surface area contributed by atoms with Gasteiger partial charge in [-0.15, -0.1) is 0 Å². The summed E-state index contributed by atoms with van der Waals surface area (Å²) in [4.78, 5) is 2.29. The van der Waals surface area contributed by atoms with E-state index in [1.54, 1.807) is 7.11 Å². The van der Waals surface area contributed by atoms with Crippen molar-refractivity contribution >= 4 is 0 Å². The maximum absolute atomic E-state index is 5.68. The molecule has 3 nitrogen and oxygen atoms in total. The Bertz CT molecular complexity index is 390. The van der Waals surface area contributed by atoms with E-state index in [2.05, 4.69) is 50.9 Å². The largest absolute Gasteiger partial charge is 0.496 e. The molecule has 108 valence electrons. The Balaban J connectivity index is 2.73. The highest BCUT2D eigenvalue weighted by Gasteiger charge is 2.10. The zero-order valence-corrected chi connectivity index (χ0v) is 12.9. The van der Waals surface area contributed by atoms with Gasteiger partial charge in [-0.25, -0.2) is 0 Å². The van der Waals surface area contributed by atoms with E-state index in [1.165, 1.54) is 11.1 Å². The summed E-state index contributed by atoms with van der Waals surface area (Å²) in [6, 6.07) is 6.97. The van der Waals surface area contributed by atoms with Gasteiger partial charge < -0.3 is 15.4 Å². The summed E-state index contributed by atoms with van der Waals surface area (Å²) in [5, 5.41) is 0. The van der Waals surface area contributed by atoms with Gasteiger partial charge in [0.15, 0.2) is 0 Å². The average Bonchev–Trinajstić information content (AvgIpc) is 2.43. The predicted molar refractivity (Wildman–Crippen MR) is 81.9 cm³/mol. The Morgan fingerprint density at radius 2 is 1.95 bits per heavy atom. The topological polar surface area (TPSA) is 38.5 Å². The Morgan fingerprint density at radius 1 is 1.26 bits per heavy atom. The first-order valence-corrected chi connectivity index (χ1v) is 7.06. The molecule has 0 aliphatic heterocycles. The molecule has 0 fully saturated rings. The second-order valence-corrected chi connectivity index (χ2v) is 5.54. The molecular weight excluding hydrogens is 236 g/mol. The van der Waals surface area contributed by atoms with Crippen LogP contribution in [0, 0.1) is 0 Å². The van der Waals surface area contributed by atoms with Crippen LogP contribution in [0.2, 0.25) is 0 Å². The monoisotopic (exact) mass is 264 g/mol. The van der Waals surface area contributed by atoms with E-state index in [4.69, 9.17) is 10.5 Å². The molecule has 0 spiro atoms. The molecule has 0 aromatic heterocycles. The van der Waals surface area contributed by atoms with Crippen LogP contribution in [0.5, 0.6) is 5.75 Å². The van der Waals surface area contributed by atoms with Gasteiger partial charge in [0, 0.05) is 19.1 Å². The molecule has 1 rings (SSSR count). The van der Waals surface area contributed by atoms with Gasteiger partial charge in [0.25, 0.3) is 0 Å². The zero-order chi connectivity index (χ0) is 14.4. The Labute approximate surface area is 117 Å². The van der Waals surface area contributed by atoms with Crippen molar-refractivity contribution < 1.29 is 4.74 Å². The SMILES string of the molecule is COc1cc(C(C)C)ccc1CCN(C)C(C)CN. The van der Waals surface area contributed by atoms with Gasteiger partial charge in [0.05, 0.1) is 7.11 Å². The van der Waals surface area contributed by atoms with Crippen molar-refractivity contribution in [1.82, 2.24) is 4.90 Å². The highest BCUT2D eigenvalue weighted by Crippen LogP contribution is 2.25. The molecule has 0 aliphatic rings. The minimum Gasteiger partial charge on any atom is -0.496 e. The third-order valence-electron chi connectivity index (χ3n) is 3.81. The van der Waals surface area contributed by atoms with Crippen LogP contribution in [-0.4, -0.2) is 38.2 Å². The maximum Gasteiger partial charge on any atom is 0.122 e. The van der Waals surface area contributed by atoms with E-state index in [9.17, 15) is 0 Å². The molecule has 19 heavy (non-hydrogen) atoms. The Kier molecular flexibility index (Phi) is 6.32. The van der Waals surface area contributed by atoms with Crippen LogP contribution in [0.25, 0.3) is 0 Å². The lowest BCUT2D eigenvalue weighted by molar-refractivity contribution is 0.265. The average molecular weight is 264 g/mol. The fourth-order valence-electron chi connectivity index (χ4n) is 2.02. The number of nitrogens with zero attached hydrogens (tertiary/aromatic N) is 1. The van der Waals surface area contributed by atoms with Gasteiger partial charge in [-0.05, 0) is 43.5 Å². The lowest BCUT2D eigenvalue weighted by Gasteiger charge is -2.23. The van der Waals surface area contributed by atoms with Crippen molar-refractivity contribution in [3.8, 4) is 5.75 Å². The molecule has 3 heteroatoms. The Hall–Kier alpha value is -1.06. The van der Waals surface area contributed by atoms with Crippen LogP contribution in [0.15, 0.2) is 18.2 Å². The van der Waals surface area contributed by atoms with Gasteiger partial charge >= 0.3 is 0 Å². The number of benzene rings is 1. The van der Waals surface area contributed by atoms with Crippen molar-refractivity contribution in [3.63, 3.8) is 0 Å². The molecule has 1 unspecified atom stereocenters. The number of hydrogen-bond acceptors (Lipinski definition) is 3. The van der Waals surface area contributed by atoms with Crippen molar-refractivity contribution in [1.29, 1.82) is 0 Å². The van der Waals surface area contributed by atoms with Crippen LogP contribution >= 0.6 is 0 Å². The number of rotatable bonds is 7. The highest BCUT2D eigenvalue weighted by molar-refractivity contribution is 5.38. The summed E-state index contributed by atoms with van der Waals surface area (Å²) in [7, 11) is 3.86. The third kappa shape index (κ3) is 4.51. The summed E-state index contributed by atoms with van der Waals surface area (Å²) in [5.74, 6) is 1.53. The van der Waals surface area contributed by atoms with Crippen molar-refractivity contribution in [3.05, 3.63) is 29.3 Å². The van der Waals surface area contributed by atoms with Gasteiger partial charge in [0.1, 0.15) is 5.75 Å². The minimum absolute atomic E-state index is 0.418. The second-order valence-electron chi connectivity index (χ2n) is 5.54. The smallest absolute Gasteiger partial charge is 0.122 e. The lowest BCUT2D eigenvalue weighted by atomic mass is 9.99. The molecule has 0 bridgehead atoms. The molecule has 0 radical (unpaired) electrons. The summed E-state index contributed by atoms with van der Waals surface area (Å²) in [6.07, 6.45) is 0.988. The second kappa shape index (κ2) is 7.51. The van der Waals surface area contributed by atoms with Crippen LogP contribution in [-0.2, 0) is 6.42 Å². The maximum atomic E-state index is 5.68. The van der Waals surface area contributed by atoms with Crippen molar-refractivity contribution in [2.45, 2.75) is 39.2 Å². The minimum atomic E-state index is 0.418. The first-order valence-electron chi connectivity index (χ1n) is 7.06. The van der Waals surface area contributed by atoms with E-state index < -0.39 is 0 Å². The molecule has 1 aromatic rings. The lowest BCUT2D eigenvalue weighted by Crippen LogP contribution is -2.36. The molecule has 1 aromatic carbocycles. The van der Waals surface area contributed by atoms with E-state index >= 15 is 0 Å². The van der Waals surface area contributed by atoms with E-state index in [-0.39, 0.29) is 0 Å². The third-order valence-corrected chi connectivity index (χ3v) is 3.81. The molecule has 0 heterocycles. The first kappa shape index (κ1) is 16.0. The standard InChI is InChI=1S/C16H28N2O/c1-12(2)15-7-6-14(16(10-15)19-5)8-9-18(4)13(3)11-17/h6-7,10,12-13H,8-9,11,17H2,1-5H3. The van der Waals surface area contributed by atoms with Gasteiger partial charge in [0.2, 0.25) is 0 Å². The predicted octanol–water partition coefficient (Wildman–Crippen LogP) is 2.64.